The lowest BCUT2D eigenvalue weighted by molar-refractivity contribution is -0.117. The molecule has 1 atom stereocenters. The van der Waals surface area contributed by atoms with Gasteiger partial charge in [-0.05, 0) is 18.6 Å². The van der Waals surface area contributed by atoms with Crippen LogP contribution in [0.15, 0.2) is 36.7 Å². The molecule has 2 aromatic rings. The van der Waals surface area contributed by atoms with Crippen molar-refractivity contribution in [2.24, 2.45) is 5.73 Å². The van der Waals surface area contributed by atoms with Crippen LogP contribution in [-0.4, -0.2) is 16.9 Å². The first-order valence-electron chi connectivity index (χ1n) is 5.61. The number of carbonyl (C=O) groups is 1. The molecular formula is C13H15N3O. The zero-order valence-corrected chi connectivity index (χ0v) is 9.68. The van der Waals surface area contributed by atoms with Crippen LogP contribution in [0.2, 0.25) is 0 Å². The average molecular weight is 229 g/mol. The van der Waals surface area contributed by atoms with Gasteiger partial charge in [0.15, 0.2) is 0 Å². The lowest BCUT2D eigenvalue weighted by Crippen LogP contribution is -2.34. The Bertz CT molecular complexity index is 534. The summed E-state index contributed by atoms with van der Waals surface area (Å²) in [5.74, 6) is -0.156. The van der Waals surface area contributed by atoms with Gasteiger partial charge in [-0.2, -0.15) is 0 Å². The van der Waals surface area contributed by atoms with Gasteiger partial charge in [0.1, 0.15) is 0 Å². The molecule has 1 aromatic carbocycles. The van der Waals surface area contributed by atoms with Gasteiger partial charge in [0.25, 0.3) is 0 Å². The Morgan fingerprint density at radius 1 is 1.47 bits per heavy atom. The molecule has 1 heterocycles. The van der Waals surface area contributed by atoms with Crippen LogP contribution in [0, 0.1) is 0 Å². The Labute approximate surface area is 99.8 Å². The smallest absolute Gasteiger partial charge is 0.241 e. The minimum atomic E-state index is -0.466. The van der Waals surface area contributed by atoms with Gasteiger partial charge in [0, 0.05) is 28.9 Å². The van der Waals surface area contributed by atoms with E-state index in [0.29, 0.717) is 6.42 Å². The average Bonchev–Trinajstić information content (AvgIpc) is 2.38. The number of hydrogen-bond donors (Lipinski definition) is 2. The van der Waals surface area contributed by atoms with Crippen molar-refractivity contribution >= 4 is 22.4 Å². The second-order valence-electron chi connectivity index (χ2n) is 3.91. The summed E-state index contributed by atoms with van der Waals surface area (Å²) in [4.78, 5) is 15.8. The van der Waals surface area contributed by atoms with Crippen LogP contribution < -0.4 is 11.1 Å². The fourth-order valence-electron chi connectivity index (χ4n) is 1.64. The van der Waals surface area contributed by atoms with Crippen LogP contribution in [0.1, 0.15) is 13.3 Å². The van der Waals surface area contributed by atoms with E-state index in [1.165, 1.54) is 0 Å². The quantitative estimate of drug-likeness (QED) is 0.844. The number of amides is 1. The molecule has 17 heavy (non-hydrogen) atoms. The lowest BCUT2D eigenvalue weighted by Gasteiger charge is -2.11. The van der Waals surface area contributed by atoms with Crippen molar-refractivity contribution in [2.45, 2.75) is 19.4 Å². The van der Waals surface area contributed by atoms with E-state index in [-0.39, 0.29) is 5.91 Å². The van der Waals surface area contributed by atoms with Gasteiger partial charge >= 0.3 is 0 Å². The Hall–Kier alpha value is -1.94. The third-order valence-electron chi connectivity index (χ3n) is 2.72. The molecule has 3 N–H and O–H groups in total. The number of benzene rings is 1. The normalized spacial score (nSPS) is 12.4. The Morgan fingerprint density at radius 2 is 2.29 bits per heavy atom. The first-order valence-corrected chi connectivity index (χ1v) is 5.61. The molecule has 0 aliphatic rings. The zero-order chi connectivity index (χ0) is 12.3. The first kappa shape index (κ1) is 11.5. The number of nitrogens with zero attached hydrogens (tertiary/aromatic N) is 1. The summed E-state index contributed by atoms with van der Waals surface area (Å²) in [7, 11) is 0. The fraction of sp³-hybridized carbons (Fsp3) is 0.231. The molecular weight excluding hydrogens is 214 g/mol. The summed E-state index contributed by atoms with van der Waals surface area (Å²) in [6, 6.07) is 7.12. The summed E-state index contributed by atoms with van der Waals surface area (Å²) in [5.41, 5.74) is 6.46. The summed E-state index contributed by atoms with van der Waals surface area (Å²) in [6.07, 6.45) is 4.10. The lowest BCUT2D eigenvalue weighted by atomic mass is 10.1. The number of aromatic nitrogens is 1. The van der Waals surface area contributed by atoms with Crippen LogP contribution >= 0.6 is 0 Å². The molecule has 2 rings (SSSR count). The van der Waals surface area contributed by atoms with E-state index < -0.39 is 6.04 Å². The molecule has 1 aromatic heterocycles. The SMILES string of the molecule is CC[C@H](N)C(=O)Nc1cccc2cnccc12. The molecule has 0 spiro atoms. The maximum absolute atomic E-state index is 11.7. The van der Waals surface area contributed by atoms with E-state index in [1.54, 1.807) is 12.4 Å². The molecule has 0 aliphatic heterocycles. The van der Waals surface area contributed by atoms with Gasteiger partial charge in [0.05, 0.1) is 6.04 Å². The highest BCUT2D eigenvalue weighted by Gasteiger charge is 2.12. The minimum Gasteiger partial charge on any atom is -0.324 e. The second kappa shape index (κ2) is 4.93. The number of fused-ring (bicyclic) bond motifs is 1. The molecule has 1 amide bonds. The highest BCUT2D eigenvalue weighted by Crippen LogP contribution is 2.22. The molecule has 0 saturated heterocycles. The summed E-state index contributed by atoms with van der Waals surface area (Å²) in [5, 5.41) is 4.81. The maximum atomic E-state index is 11.7. The molecule has 0 fully saturated rings. The van der Waals surface area contributed by atoms with Crippen LogP contribution in [0.25, 0.3) is 10.8 Å². The maximum Gasteiger partial charge on any atom is 0.241 e. The number of anilines is 1. The Kier molecular flexibility index (Phi) is 3.35. The molecule has 4 nitrogen and oxygen atoms in total. The fourth-order valence-corrected chi connectivity index (χ4v) is 1.64. The topological polar surface area (TPSA) is 68.0 Å². The van der Waals surface area contributed by atoms with E-state index >= 15 is 0 Å². The van der Waals surface area contributed by atoms with E-state index in [2.05, 4.69) is 10.3 Å². The minimum absolute atomic E-state index is 0.156. The van der Waals surface area contributed by atoms with Crippen molar-refractivity contribution in [3.05, 3.63) is 36.7 Å². The second-order valence-corrected chi connectivity index (χ2v) is 3.91. The third kappa shape index (κ3) is 2.42. The van der Waals surface area contributed by atoms with E-state index in [1.807, 2.05) is 31.2 Å². The van der Waals surface area contributed by atoms with Crippen molar-refractivity contribution in [1.82, 2.24) is 4.98 Å². The van der Waals surface area contributed by atoms with Crippen LogP contribution in [0.5, 0.6) is 0 Å². The van der Waals surface area contributed by atoms with Gasteiger partial charge in [0.2, 0.25) is 5.91 Å². The highest BCUT2D eigenvalue weighted by molar-refractivity contribution is 6.03. The van der Waals surface area contributed by atoms with Gasteiger partial charge in [-0.1, -0.05) is 19.1 Å². The number of pyridine rings is 1. The van der Waals surface area contributed by atoms with Crippen molar-refractivity contribution in [1.29, 1.82) is 0 Å². The van der Waals surface area contributed by atoms with Crippen molar-refractivity contribution < 1.29 is 4.79 Å². The molecule has 0 unspecified atom stereocenters. The summed E-state index contributed by atoms with van der Waals surface area (Å²) >= 11 is 0. The molecule has 0 radical (unpaired) electrons. The largest absolute Gasteiger partial charge is 0.324 e. The van der Waals surface area contributed by atoms with Crippen molar-refractivity contribution in [3.8, 4) is 0 Å². The molecule has 0 saturated carbocycles. The number of nitrogens with one attached hydrogen (secondary N) is 1. The van der Waals surface area contributed by atoms with Gasteiger partial charge in [-0.25, -0.2) is 0 Å². The predicted octanol–water partition coefficient (Wildman–Crippen LogP) is 1.91. The van der Waals surface area contributed by atoms with Crippen LogP contribution in [-0.2, 0) is 4.79 Å². The summed E-state index contributed by atoms with van der Waals surface area (Å²) in [6.45, 7) is 1.89. The van der Waals surface area contributed by atoms with E-state index in [4.69, 9.17) is 5.73 Å². The number of rotatable bonds is 3. The number of carbonyl (C=O) groups excluding carboxylic acids is 1. The van der Waals surface area contributed by atoms with Crippen molar-refractivity contribution in [3.63, 3.8) is 0 Å². The Morgan fingerprint density at radius 3 is 3.06 bits per heavy atom. The van der Waals surface area contributed by atoms with E-state index in [9.17, 15) is 4.79 Å². The van der Waals surface area contributed by atoms with Gasteiger partial charge in [-0.3, -0.25) is 9.78 Å². The Balaban J connectivity index is 2.33. The highest BCUT2D eigenvalue weighted by atomic mass is 16.2. The standard InChI is InChI=1S/C13H15N3O/c1-2-11(14)13(17)16-12-5-3-4-9-8-15-7-6-10(9)12/h3-8,11H,2,14H2,1H3,(H,16,17)/t11-/m0/s1. The number of hydrogen-bond acceptors (Lipinski definition) is 3. The summed E-state index contributed by atoms with van der Waals surface area (Å²) < 4.78 is 0. The monoisotopic (exact) mass is 229 g/mol. The molecule has 88 valence electrons. The van der Waals surface area contributed by atoms with Gasteiger partial charge in [-0.15, -0.1) is 0 Å². The zero-order valence-electron chi connectivity index (χ0n) is 9.68. The molecule has 4 heteroatoms. The third-order valence-corrected chi connectivity index (χ3v) is 2.72. The van der Waals surface area contributed by atoms with Gasteiger partial charge < -0.3 is 11.1 Å². The van der Waals surface area contributed by atoms with Crippen molar-refractivity contribution in [2.75, 3.05) is 5.32 Å². The first-order chi connectivity index (χ1) is 8.22. The molecule has 0 aliphatic carbocycles. The van der Waals surface area contributed by atoms with E-state index in [0.717, 1.165) is 16.5 Å². The molecule has 0 bridgehead atoms. The predicted molar refractivity (Wildman–Crippen MR) is 68.6 cm³/mol. The number of nitrogens with two attached hydrogens (primary N) is 1. The van der Waals surface area contributed by atoms with Crippen LogP contribution in [0.3, 0.4) is 0 Å². The van der Waals surface area contributed by atoms with Crippen LogP contribution in [0.4, 0.5) is 5.69 Å².